The van der Waals surface area contributed by atoms with Gasteiger partial charge in [0.1, 0.15) is 10.6 Å². The minimum atomic E-state index is -3.62. The van der Waals surface area contributed by atoms with Crippen LogP contribution in [0.4, 0.5) is 0 Å². The first-order valence-corrected chi connectivity index (χ1v) is 10.5. The maximum atomic E-state index is 13.3. The monoisotopic (exact) mass is 364 g/mol. The van der Waals surface area contributed by atoms with Gasteiger partial charge in [0.2, 0.25) is 15.9 Å². The van der Waals surface area contributed by atoms with Crippen molar-refractivity contribution in [2.24, 2.45) is 0 Å². The molecule has 2 aliphatic heterocycles. The van der Waals surface area contributed by atoms with Crippen LogP contribution >= 0.6 is 0 Å². The first kappa shape index (κ1) is 16.8. The third-order valence-electron chi connectivity index (χ3n) is 5.39. The molecule has 1 unspecified atom stereocenters. The fourth-order valence-corrected chi connectivity index (χ4v) is 5.83. The molecule has 1 saturated heterocycles. The first-order chi connectivity index (χ1) is 12.0. The van der Waals surface area contributed by atoms with Gasteiger partial charge in [-0.05, 0) is 37.3 Å². The largest absolute Gasteiger partial charge is 0.492 e. The second-order valence-corrected chi connectivity index (χ2v) is 9.02. The van der Waals surface area contributed by atoms with Crippen molar-refractivity contribution in [1.82, 2.24) is 9.21 Å². The van der Waals surface area contributed by atoms with E-state index in [4.69, 9.17) is 4.74 Å². The van der Waals surface area contributed by atoms with Crippen LogP contribution in [0.5, 0.6) is 5.75 Å². The Hall–Kier alpha value is -1.60. The smallest absolute Gasteiger partial charge is 0.247 e. The van der Waals surface area contributed by atoms with Crippen LogP contribution in [-0.4, -0.2) is 55.3 Å². The van der Waals surface area contributed by atoms with Crippen LogP contribution < -0.4 is 4.74 Å². The summed E-state index contributed by atoms with van der Waals surface area (Å²) in [6.07, 6.45) is 4.43. The Balaban J connectivity index is 1.61. The predicted octanol–water partition coefficient (Wildman–Crippen LogP) is 1.79. The van der Waals surface area contributed by atoms with Gasteiger partial charge < -0.3 is 9.64 Å². The SMILES string of the molecule is CC(=O)N(CC1CCCN1S(=O)(=O)c1cccc2c1OCC2)C1CC1. The molecule has 2 heterocycles. The zero-order valence-corrected chi connectivity index (χ0v) is 15.3. The molecule has 1 aliphatic carbocycles. The second-order valence-electron chi connectivity index (χ2n) is 7.16. The normalized spacial score (nSPS) is 23.3. The molecule has 7 heteroatoms. The highest BCUT2D eigenvalue weighted by Gasteiger charge is 2.41. The molecule has 1 aromatic carbocycles. The molecule has 136 valence electrons. The molecular formula is C18H24N2O4S. The van der Waals surface area contributed by atoms with Crippen LogP contribution in [-0.2, 0) is 21.2 Å². The molecular weight excluding hydrogens is 340 g/mol. The molecule has 2 fully saturated rings. The Labute approximate surface area is 148 Å². The highest BCUT2D eigenvalue weighted by Crippen LogP contribution is 2.37. The fraction of sp³-hybridized carbons (Fsp3) is 0.611. The minimum absolute atomic E-state index is 0.0377. The Kier molecular flexibility index (Phi) is 4.24. The van der Waals surface area contributed by atoms with Gasteiger partial charge in [-0.2, -0.15) is 4.31 Å². The predicted molar refractivity (Wildman–Crippen MR) is 93.0 cm³/mol. The van der Waals surface area contributed by atoms with E-state index in [9.17, 15) is 13.2 Å². The molecule has 0 bridgehead atoms. The zero-order chi connectivity index (χ0) is 17.6. The maximum Gasteiger partial charge on any atom is 0.247 e. The van der Waals surface area contributed by atoms with Gasteiger partial charge in [-0.1, -0.05) is 12.1 Å². The van der Waals surface area contributed by atoms with E-state index in [0.717, 1.165) is 37.7 Å². The van der Waals surface area contributed by atoms with Crippen LogP contribution in [0, 0.1) is 0 Å². The van der Waals surface area contributed by atoms with Crippen molar-refractivity contribution in [3.63, 3.8) is 0 Å². The zero-order valence-electron chi connectivity index (χ0n) is 14.5. The number of ether oxygens (including phenoxy) is 1. The van der Waals surface area contributed by atoms with Crippen LogP contribution in [0.25, 0.3) is 0 Å². The quantitative estimate of drug-likeness (QED) is 0.799. The van der Waals surface area contributed by atoms with Gasteiger partial charge in [0.05, 0.1) is 6.61 Å². The molecule has 0 radical (unpaired) electrons. The molecule has 0 spiro atoms. The lowest BCUT2D eigenvalue weighted by molar-refractivity contribution is -0.129. The topological polar surface area (TPSA) is 66.9 Å². The molecule has 25 heavy (non-hydrogen) atoms. The molecule has 4 rings (SSSR count). The molecule has 1 saturated carbocycles. The fourth-order valence-electron chi connectivity index (χ4n) is 3.97. The average Bonchev–Trinajstić information content (AvgIpc) is 3.10. The van der Waals surface area contributed by atoms with E-state index in [1.54, 1.807) is 23.4 Å². The van der Waals surface area contributed by atoms with Gasteiger partial charge >= 0.3 is 0 Å². The summed E-state index contributed by atoms with van der Waals surface area (Å²) in [6, 6.07) is 5.50. The van der Waals surface area contributed by atoms with Crippen LogP contribution in [0.3, 0.4) is 0 Å². The second kappa shape index (κ2) is 6.29. The highest BCUT2D eigenvalue weighted by molar-refractivity contribution is 7.89. The Morgan fingerprint density at radius 1 is 1.32 bits per heavy atom. The number of amides is 1. The number of para-hydroxylation sites is 1. The molecule has 1 atom stereocenters. The summed E-state index contributed by atoms with van der Waals surface area (Å²) in [4.78, 5) is 14.1. The summed E-state index contributed by atoms with van der Waals surface area (Å²) in [7, 11) is -3.62. The molecule has 6 nitrogen and oxygen atoms in total. The number of hydrogen-bond donors (Lipinski definition) is 0. The van der Waals surface area contributed by atoms with Crippen LogP contribution in [0.1, 0.15) is 38.2 Å². The van der Waals surface area contributed by atoms with Crippen molar-refractivity contribution in [3.05, 3.63) is 23.8 Å². The van der Waals surface area contributed by atoms with E-state index in [1.807, 2.05) is 11.0 Å². The Morgan fingerprint density at radius 2 is 2.12 bits per heavy atom. The number of rotatable bonds is 5. The van der Waals surface area contributed by atoms with Gasteiger partial charge in [0, 0.05) is 38.5 Å². The summed E-state index contributed by atoms with van der Waals surface area (Å²) in [5.41, 5.74) is 0.958. The number of nitrogens with zero attached hydrogens (tertiary/aromatic N) is 2. The summed E-state index contributed by atoms with van der Waals surface area (Å²) in [5, 5.41) is 0. The van der Waals surface area contributed by atoms with E-state index in [0.29, 0.717) is 31.5 Å². The summed E-state index contributed by atoms with van der Waals surface area (Å²) >= 11 is 0. The van der Waals surface area contributed by atoms with Gasteiger partial charge in [-0.3, -0.25) is 4.79 Å². The number of carbonyl (C=O) groups excluding carboxylic acids is 1. The van der Waals surface area contributed by atoms with Gasteiger partial charge in [0.25, 0.3) is 0 Å². The van der Waals surface area contributed by atoms with Gasteiger partial charge in [0.15, 0.2) is 0 Å². The number of sulfonamides is 1. The van der Waals surface area contributed by atoms with E-state index < -0.39 is 10.0 Å². The lowest BCUT2D eigenvalue weighted by atomic mass is 10.2. The van der Waals surface area contributed by atoms with Crippen molar-refractivity contribution < 1.29 is 17.9 Å². The number of benzene rings is 1. The lowest BCUT2D eigenvalue weighted by Crippen LogP contribution is -2.45. The number of fused-ring (bicyclic) bond motifs is 1. The number of carbonyl (C=O) groups is 1. The number of hydrogen-bond acceptors (Lipinski definition) is 4. The first-order valence-electron chi connectivity index (χ1n) is 9.02. The van der Waals surface area contributed by atoms with E-state index in [2.05, 4.69) is 0 Å². The van der Waals surface area contributed by atoms with Gasteiger partial charge in [-0.25, -0.2) is 8.42 Å². The maximum absolute atomic E-state index is 13.3. The third-order valence-corrected chi connectivity index (χ3v) is 7.36. The van der Waals surface area contributed by atoms with E-state index in [1.165, 1.54) is 0 Å². The van der Waals surface area contributed by atoms with Crippen LogP contribution in [0.2, 0.25) is 0 Å². The molecule has 1 aromatic rings. The summed E-state index contributed by atoms with van der Waals surface area (Å²) < 4.78 is 33.8. The summed E-state index contributed by atoms with van der Waals surface area (Å²) in [6.45, 7) is 3.11. The average molecular weight is 364 g/mol. The van der Waals surface area contributed by atoms with Crippen molar-refractivity contribution in [1.29, 1.82) is 0 Å². The lowest BCUT2D eigenvalue weighted by Gasteiger charge is -2.30. The van der Waals surface area contributed by atoms with Gasteiger partial charge in [-0.15, -0.1) is 0 Å². The Morgan fingerprint density at radius 3 is 2.84 bits per heavy atom. The van der Waals surface area contributed by atoms with Crippen molar-refractivity contribution in [2.75, 3.05) is 19.7 Å². The highest BCUT2D eigenvalue weighted by atomic mass is 32.2. The summed E-state index contributed by atoms with van der Waals surface area (Å²) in [5.74, 6) is 0.550. The van der Waals surface area contributed by atoms with E-state index >= 15 is 0 Å². The van der Waals surface area contributed by atoms with E-state index in [-0.39, 0.29) is 16.8 Å². The van der Waals surface area contributed by atoms with Crippen LogP contribution in [0.15, 0.2) is 23.1 Å². The molecule has 0 aromatic heterocycles. The van der Waals surface area contributed by atoms with Crippen molar-refractivity contribution in [3.8, 4) is 5.75 Å². The molecule has 1 amide bonds. The molecule has 0 N–H and O–H groups in total. The standard InChI is InChI=1S/C18H24N2O4S/c1-13(21)19(15-7-8-15)12-16-5-3-10-20(16)25(22,23)17-6-2-4-14-9-11-24-18(14)17/h2,4,6,15-16H,3,5,7-12H2,1H3. The van der Waals surface area contributed by atoms with Crippen molar-refractivity contribution in [2.45, 2.75) is 56.0 Å². The van der Waals surface area contributed by atoms with Crippen molar-refractivity contribution >= 4 is 15.9 Å². The minimum Gasteiger partial charge on any atom is -0.492 e. The molecule has 3 aliphatic rings. The third kappa shape index (κ3) is 3.04. The Bertz CT molecular complexity index is 788.